The van der Waals surface area contributed by atoms with E-state index in [4.69, 9.17) is 0 Å². The molecule has 1 amide bonds. The molecule has 5 heteroatoms. The number of rotatable bonds is 6. The van der Waals surface area contributed by atoms with Gasteiger partial charge in [0.1, 0.15) is 0 Å². The number of sulfone groups is 1. The van der Waals surface area contributed by atoms with Gasteiger partial charge in [0.25, 0.3) is 0 Å². The molecule has 0 spiro atoms. The lowest BCUT2D eigenvalue weighted by atomic mass is 10.0. The summed E-state index contributed by atoms with van der Waals surface area (Å²) in [6.45, 7) is 8.82. The standard InChI is InChI=1S/C19H29NO3S/c1-14(2)11-19(21)20(18-9-10-24(22,23)13-18)12-16-5-7-17(8-6-16)15(3)4/h5-8,14-15,18H,9-13H2,1-4H3/t18-/m0/s1. The molecule has 2 rings (SSSR count). The van der Waals surface area contributed by atoms with Crippen LogP contribution in [-0.4, -0.2) is 36.8 Å². The summed E-state index contributed by atoms with van der Waals surface area (Å²) in [6.07, 6.45) is 1.01. The molecular formula is C19H29NO3S. The molecule has 0 aromatic heterocycles. The van der Waals surface area contributed by atoms with Crippen molar-refractivity contribution in [3.8, 4) is 0 Å². The zero-order valence-electron chi connectivity index (χ0n) is 15.2. The number of benzene rings is 1. The maximum Gasteiger partial charge on any atom is 0.223 e. The largest absolute Gasteiger partial charge is 0.334 e. The summed E-state index contributed by atoms with van der Waals surface area (Å²) in [5, 5.41) is 0. The molecule has 4 nitrogen and oxygen atoms in total. The highest BCUT2D eigenvalue weighted by atomic mass is 32.2. The average molecular weight is 352 g/mol. The molecule has 1 aliphatic heterocycles. The van der Waals surface area contributed by atoms with E-state index in [1.165, 1.54) is 5.56 Å². The van der Waals surface area contributed by atoms with Gasteiger partial charge in [0.2, 0.25) is 5.91 Å². The van der Waals surface area contributed by atoms with E-state index in [0.29, 0.717) is 25.3 Å². The number of carbonyl (C=O) groups is 1. The van der Waals surface area contributed by atoms with Gasteiger partial charge in [0.05, 0.1) is 11.5 Å². The zero-order valence-corrected chi connectivity index (χ0v) is 16.0. The first-order valence-corrected chi connectivity index (χ1v) is 10.6. The second-order valence-electron chi connectivity index (χ2n) is 7.57. The van der Waals surface area contributed by atoms with Crippen LogP contribution in [0.4, 0.5) is 0 Å². The van der Waals surface area contributed by atoms with E-state index in [9.17, 15) is 13.2 Å². The predicted molar refractivity (Wildman–Crippen MR) is 97.6 cm³/mol. The second-order valence-corrected chi connectivity index (χ2v) is 9.80. The molecule has 1 aromatic rings. The summed E-state index contributed by atoms with van der Waals surface area (Å²) in [5.74, 6) is 1.08. The highest BCUT2D eigenvalue weighted by Crippen LogP contribution is 2.23. The van der Waals surface area contributed by atoms with Crippen molar-refractivity contribution < 1.29 is 13.2 Å². The van der Waals surface area contributed by atoms with Crippen LogP contribution in [0.3, 0.4) is 0 Å². The van der Waals surface area contributed by atoms with Gasteiger partial charge in [-0.2, -0.15) is 0 Å². The monoisotopic (exact) mass is 351 g/mol. The minimum Gasteiger partial charge on any atom is -0.334 e. The molecule has 1 fully saturated rings. The molecule has 0 bridgehead atoms. The van der Waals surface area contributed by atoms with Crippen LogP contribution in [0, 0.1) is 5.92 Å². The van der Waals surface area contributed by atoms with Gasteiger partial charge in [-0.05, 0) is 29.4 Å². The summed E-state index contributed by atoms with van der Waals surface area (Å²) >= 11 is 0. The average Bonchev–Trinajstić information content (AvgIpc) is 2.84. The number of amides is 1. The third kappa shape index (κ3) is 5.07. The maximum atomic E-state index is 12.7. The molecule has 1 atom stereocenters. The Labute approximate surface area is 146 Å². The van der Waals surface area contributed by atoms with Crippen LogP contribution in [0.2, 0.25) is 0 Å². The van der Waals surface area contributed by atoms with Crippen molar-refractivity contribution in [2.45, 2.75) is 59.0 Å². The molecule has 1 saturated heterocycles. The van der Waals surface area contributed by atoms with Crippen molar-refractivity contribution in [3.05, 3.63) is 35.4 Å². The SMILES string of the molecule is CC(C)CC(=O)N(Cc1ccc(C(C)C)cc1)[C@H]1CCS(=O)(=O)C1. The molecule has 0 aliphatic carbocycles. The van der Waals surface area contributed by atoms with Crippen LogP contribution in [0.1, 0.15) is 57.6 Å². The van der Waals surface area contributed by atoms with E-state index >= 15 is 0 Å². The fraction of sp³-hybridized carbons (Fsp3) is 0.632. The van der Waals surface area contributed by atoms with Crippen molar-refractivity contribution in [1.29, 1.82) is 0 Å². The summed E-state index contributed by atoms with van der Waals surface area (Å²) in [5.41, 5.74) is 2.32. The Bertz CT molecular complexity index is 662. The first kappa shape index (κ1) is 19.0. The van der Waals surface area contributed by atoms with E-state index in [2.05, 4.69) is 38.1 Å². The maximum absolute atomic E-state index is 12.7. The number of hydrogen-bond acceptors (Lipinski definition) is 3. The van der Waals surface area contributed by atoms with E-state index in [1.807, 2.05) is 13.8 Å². The highest BCUT2D eigenvalue weighted by Gasteiger charge is 2.34. The van der Waals surface area contributed by atoms with Gasteiger partial charge in [0.15, 0.2) is 9.84 Å². The van der Waals surface area contributed by atoms with Crippen LogP contribution in [0.5, 0.6) is 0 Å². The Balaban J connectivity index is 2.17. The Kier molecular flexibility index (Phi) is 6.07. The smallest absolute Gasteiger partial charge is 0.223 e. The lowest BCUT2D eigenvalue weighted by Gasteiger charge is -2.29. The van der Waals surface area contributed by atoms with Crippen LogP contribution in [0.15, 0.2) is 24.3 Å². The molecule has 0 unspecified atom stereocenters. The van der Waals surface area contributed by atoms with Crippen molar-refractivity contribution >= 4 is 15.7 Å². The van der Waals surface area contributed by atoms with Crippen molar-refractivity contribution in [1.82, 2.24) is 4.90 Å². The third-order valence-corrected chi connectivity index (χ3v) is 6.30. The molecular weight excluding hydrogens is 322 g/mol. The van der Waals surface area contributed by atoms with Gasteiger partial charge in [-0.25, -0.2) is 8.42 Å². The third-order valence-electron chi connectivity index (χ3n) is 4.55. The van der Waals surface area contributed by atoms with E-state index in [-0.39, 0.29) is 29.4 Å². The minimum atomic E-state index is -3.01. The van der Waals surface area contributed by atoms with Gasteiger partial charge in [-0.1, -0.05) is 52.0 Å². The lowest BCUT2D eigenvalue weighted by Crippen LogP contribution is -2.41. The first-order valence-electron chi connectivity index (χ1n) is 8.76. The molecule has 1 aromatic carbocycles. The fourth-order valence-corrected chi connectivity index (χ4v) is 4.84. The highest BCUT2D eigenvalue weighted by molar-refractivity contribution is 7.91. The topological polar surface area (TPSA) is 54.5 Å². The van der Waals surface area contributed by atoms with Gasteiger partial charge in [-0.3, -0.25) is 4.79 Å². The van der Waals surface area contributed by atoms with Crippen LogP contribution in [0.25, 0.3) is 0 Å². The van der Waals surface area contributed by atoms with Gasteiger partial charge < -0.3 is 4.90 Å². The van der Waals surface area contributed by atoms with Gasteiger partial charge >= 0.3 is 0 Å². The first-order chi connectivity index (χ1) is 11.2. The summed E-state index contributed by atoms with van der Waals surface area (Å²) in [4.78, 5) is 14.4. The van der Waals surface area contributed by atoms with E-state index < -0.39 is 9.84 Å². The number of hydrogen-bond donors (Lipinski definition) is 0. The van der Waals surface area contributed by atoms with Crippen molar-refractivity contribution in [3.63, 3.8) is 0 Å². The minimum absolute atomic E-state index is 0.0556. The zero-order chi connectivity index (χ0) is 17.9. The lowest BCUT2D eigenvalue weighted by molar-refractivity contribution is -0.134. The molecule has 24 heavy (non-hydrogen) atoms. The Morgan fingerprint density at radius 1 is 1.17 bits per heavy atom. The van der Waals surface area contributed by atoms with Crippen LogP contribution < -0.4 is 0 Å². The van der Waals surface area contributed by atoms with E-state index in [1.54, 1.807) is 4.90 Å². The van der Waals surface area contributed by atoms with E-state index in [0.717, 1.165) is 5.56 Å². The predicted octanol–water partition coefficient (Wildman–Crippen LogP) is 3.37. The molecule has 0 N–H and O–H groups in total. The molecule has 1 aliphatic rings. The molecule has 0 saturated carbocycles. The quantitative estimate of drug-likeness (QED) is 0.789. The summed E-state index contributed by atoms with van der Waals surface area (Å²) < 4.78 is 23.6. The van der Waals surface area contributed by atoms with Crippen LogP contribution >= 0.6 is 0 Å². The second kappa shape index (κ2) is 7.68. The molecule has 0 radical (unpaired) electrons. The summed E-state index contributed by atoms with van der Waals surface area (Å²) in [6, 6.07) is 8.10. The molecule has 134 valence electrons. The Morgan fingerprint density at radius 2 is 1.79 bits per heavy atom. The Morgan fingerprint density at radius 3 is 2.25 bits per heavy atom. The normalized spacial score (nSPS) is 19.8. The fourth-order valence-electron chi connectivity index (χ4n) is 3.11. The summed E-state index contributed by atoms with van der Waals surface area (Å²) in [7, 11) is -3.01. The van der Waals surface area contributed by atoms with Crippen LogP contribution in [-0.2, 0) is 21.2 Å². The number of carbonyl (C=O) groups excluding carboxylic acids is 1. The van der Waals surface area contributed by atoms with Gasteiger partial charge in [0, 0.05) is 19.0 Å². The number of nitrogens with zero attached hydrogens (tertiary/aromatic N) is 1. The Hall–Kier alpha value is -1.36. The molecule has 1 heterocycles. The van der Waals surface area contributed by atoms with Gasteiger partial charge in [-0.15, -0.1) is 0 Å². The van der Waals surface area contributed by atoms with Crippen molar-refractivity contribution in [2.24, 2.45) is 5.92 Å². The van der Waals surface area contributed by atoms with Crippen molar-refractivity contribution in [2.75, 3.05) is 11.5 Å².